The monoisotopic (exact) mass is 380 g/mol. The van der Waals surface area contributed by atoms with Gasteiger partial charge < -0.3 is 15.5 Å². The highest BCUT2D eigenvalue weighted by molar-refractivity contribution is 6.06. The van der Waals surface area contributed by atoms with E-state index in [0.29, 0.717) is 11.4 Å². The summed E-state index contributed by atoms with van der Waals surface area (Å²) in [5, 5.41) is 22.8. The van der Waals surface area contributed by atoms with Crippen molar-refractivity contribution in [2.75, 3.05) is 5.32 Å². The first-order valence-corrected chi connectivity index (χ1v) is 8.83. The van der Waals surface area contributed by atoms with E-state index in [1.165, 1.54) is 6.07 Å². The standard InChI is InChI=1S/C22H21FN2O3/c1-12-6-4-5-7-18(12)25-22(28)16-10-17(23)15(11-20(16)27)19-9-8-13(2)21(24-19)14(3)26/h4-11,14,26-27H,1-3H3,(H,25,28). The van der Waals surface area contributed by atoms with Crippen LogP contribution in [-0.4, -0.2) is 21.1 Å². The number of phenols is 1. The van der Waals surface area contributed by atoms with Crippen LogP contribution in [0.1, 0.15) is 40.2 Å². The summed E-state index contributed by atoms with van der Waals surface area (Å²) >= 11 is 0. The van der Waals surface area contributed by atoms with E-state index < -0.39 is 17.8 Å². The summed E-state index contributed by atoms with van der Waals surface area (Å²) in [6, 6.07) is 12.7. The Hall–Kier alpha value is -3.25. The number of hydrogen-bond acceptors (Lipinski definition) is 4. The maximum absolute atomic E-state index is 14.7. The van der Waals surface area contributed by atoms with Crippen LogP contribution >= 0.6 is 0 Å². The Morgan fingerprint density at radius 2 is 1.82 bits per heavy atom. The molecule has 3 aromatic rings. The lowest BCUT2D eigenvalue weighted by Gasteiger charge is -2.13. The number of rotatable bonds is 4. The molecule has 2 aromatic carbocycles. The Morgan fingerprint density at radius 3 is 2.50 bits per heavy atom. The Balaban J connectivity index is 1.96. The highest BCUT2D eigenvalue weighted by Crippen LogP contribution is 2.31. The summed E-state index contributed by atoms with van der Waals surface area (Å²) in [5.41, 5.74) is 2.77. The first-order valence-electron chi connectivity index (χ1n) is 8.83. The van der Waals surface area contributed by atoms with Gasteiger partial charge in [-0.1, -0.05) is 24.3 Å². The van der Waals surface area contributed by atoms with Crippen LogP contribution in [0.15, 0.2) is 48.5 Å². The molecule has 6 heteroatoms. The van der Waals surface area contributed by atoms with Crippen LogP contribution in [0, 0.1) is 19.7 Å². The molecule has 1 unspecified atom stereocenters. The molecule has 0 spiro atoms. The van der Waals surface area contributed by atoms with E-state index in [9.17, 15) is 19.4 Å². The molecule has 0 aliphatic rings. The minimum atomic E-state index is -0.809. The van der Waals surface area contributed by atoms with Crippen molar-refractivity contribution in [2.24, 2.45) is 0 Å². The van der Waals surface area contributed by atoms with Crippen molar-refractivity contribution >= 4 is 11.6 Å². The van der Waals surface area contributed by atoms with Crippen LogP contribution in [-0.2, 0) is 0 Å². The zero-order chi connectivity index (χ0) is 20.4. The number of pyridine rings is 1. The normalized spacial score (nSPS) is 11.9. The zero-order valence-electron chi connectivity index (χ0n) is 15.8. The summed E-state index contributed by atoms with van der Waals surface area (Å²) < 4.78 is 14.7. The van der Waals surface area contributed by atoms with Crippen LogP contribution in [0.5, 0.6) is 5.75 Å². The van der Waals surface area contributed by atoms with Crippen molar-refractivity contribution in [3.63, 3.8) is 0 Å². The van der Waals surface area contributed by atoms with Crippen LogP contribution in [0.25, 0.3) is 11.3 Å². The summed E-state index contributed by atoms with van der Waals surface area (Å²) in [6.45, 7) is 5.21. The van der Waals surface area contributed by atoms with Crippen LogP contribution < -0.4 is 5.32 Å². The number of aliphatic hydroxyl groups is 1. The number of nitrogens with zero attached hydrogens (tertiary/aromatic N) is 1. The van der Waals surface area contributed by atoms with Gasteiger partial charge in [-0.15, -0.1) is 0 Å². The first kappa shape index (κ1) is 19.5. The molecular weight excluding hydrogens is 359 g/mol. The Labute approximate surface area is 162 Å². The number of benzene rings is 2. The van der Waals surface area contributed by atoms with Crippen molar-refractivity contribution in [3.8, 4) is 17.0 Å². The second-order valence-electron chi connectivity index (χ2n) is 6.69. The number of nitrogens with one attached hydrogen (secondary N) is 1. The molecule has 144 valence electrons. The van der Waals surface area contributed by atoms with Gasteiger partial charge >= 0.3 is 0 Å². The molecule has 3 rings (SSSR count). The molecule has 28 heavy (non-hydrogen) atoms. The molecule has 1 atom stereocenters. The number of para-hydroxylation sites is 1. The second-order valence-corrected chi connectivity index (χ2v) is 6.69. The van der Waals surface area contributed by atoms with Crippen LogP contribution in [0.4, 0.5) is 10.1 Å². The van der Waals surface area contributed by atoms with E-state index in [1.807, 2.05) is 19.1 Å². The van der Waals surface area contributed by atoms with E-state index in [-0.39, 0.29) is 22.6 Å². The van der Waals surface area contributed by atoms with Crippen molar-refractivity contribution in [1.82, 2.24) is 4.98 Å². The molecule has 5 nitrogen and oxygen atoms in total. The van der Waals surface area contributed by atoms with Gasteiger partial charge in [-0.25, -0.2) is 9.37 Å². The molecule has 0 saturated heterocycles. The van der Waals surface area contributed by atoms with Crippen LogP contribution in [0.3, 0.4) is 0 Å². The first-order chi connectivity index (χ1) is 13.3. The molecule has 1 heterocycles. The molecule has 0 bridgehead atoms. The fourth-order valence-electron chi connectivity index (χ4n) is 2.96. The fourth-order valence-corrected chi connectivity index (χ4v) is 2.96. The second kappa shape index (κ2) is 7.78. The SMILES string of the molecule is Cc1ccccc1NC(=O)c1cc(F)c(-c2ccc(C)c(C(C)O)n2)cc1O. The third kappa shape index (κ3) is 3.87. The number of aromatic hydroxyl groups is 1. The third-order valence-electron chi connectivity index (χ3n) is 4.53. The van der Waals surface area contributed by atoms with Crippen molar-refractivity contribution < 1.29 is 19.4 Å². The molecule has 0 aliphatic heterocycles. The Kier molecular flexibility index (Phi) is 5.42. The smallest absolute Gasteiger partial charge is 0.259 e. The van der Waals surface area contributed by atoms with Gasteiger partial charge in [-0.3, -0.25) is 4.79 Å². The Morgan fingerprint density at radius 1 is 1.11 bits per heavy atom. The van der Waals surface area contributed by atoms with E-state index >= 15 is 0 Å². The summed E-state index contributed by atoms with van der Waals surface area (Å²) in [6.07, 6.45) is -0.809. The topological polar surface area (TPSA) is 82.5 Å². The molecule has 0 aliphatic carbocycles. The number of aliphatic hydroxyl groups excluding tert-OH is 1. The van der Waals surface area contributed by atoms with Gasteiger partial charge in [-0.05, 0) is 56.2 Å². The molecule has 0 radical (unpaired) electrons. The maximum Gasteiger partial charge on any atom is 0.259 e. The predicted octanol–water partition coefficient (Wildman–Crippen LogP) is 4.52. The number of anilines is 1. The third-order valence-corrected chi connectivity index (χ3v) is 4.53. The van der Waals surface area contributed by atoms with E-state index in [0.717, 1.165) is 17.2 Å². The highest BCUT2D eigenvalue weighted by atomic mass is 19.1. The minimum Gasteiger partial charge on any atom is -0.507 e. The van der Waals surface area contributed by atoms with Gasteiger partial charge in [0.2, 0.25) is 0 Å². The van der Waals surface area contributed by atoms with E-state index in [2.05, 4.69) is 10.3 Å². The number of carbonyl (C=O) groups excluding carboxylic acids is 1. The molecular formula is C22H21FN2O3. The number of phenolic OH excluding ortho intramolecular Hbond substituents is 1. The molecule has 3 N–H and O–H groups in total. The van der Waals surface area contributed by atoms with Gasteiger partial charge in [-0.2, -0.15) is 0 Å². The maximum atomic E-state index is 14.7. The zero-order valence-corrected chi connectivity index (χ0v) is 15.8. The van der Waals surface area contributed by atoms with Crippen LogP contribution in [0.2, 0.25) is 0 Å². The number of halogens is 1. The van der Waals surface area contributed by atoms with Crippen molar-refractivity contribution in [3.05, 3.63) is 76.7 Å². The summed E-state index contributed by atoms with van der Waals surface area (Å²) in [7, 11) is 0. The van der Waals surface area contributed by atoms with Crippen molar-refractivity contribution in [1.29, 1.82) is 0 Å². The average Bonchev–Trinajstić information content (AvgIpc) is 2.65. The van der Waals surface area contributed by atoms with Gasteiger partial charge in [0.05, 0.1) is 23.1 Å². The van der Waals surface area contributed by atoms with Gasteiger partial charge in [0.15, 0.2) is 0 Å². The molecule has 1 amide bonds. The van der Waals surface area contributed by atoms with E-state index in [4.69, 9.17) is 0 Å². The minimum absolute atomic E-state index is 0.0480. The number of aromatic nitrogens is 1. The summed E-state index contributed by atoms with van der Waals surface area (Å²) in [5.74, 6) is -1.66. The fraction of sp³-hybridized carbons (Fsp3) is 0.182. The van der Waals surface area contributed by atoms with Gasteiger partial charge in [0, 0.05) is 11.3 Å². The summed E-state index contributed by atoms with van der Waals surface area (Å²) in [4.78, 5) is 16.8. The quantitative estimate of drug-likeness (QED) is 0.622. The lowest BCUT2D eigenvalue weighted by Crippen LogP contribution is -2.13. The number of hydrogen-bond donors (Lipinski definition) is 3. The molecule has 0 fully saturated rings. The lowest BCUT2D eigenvalue weighted by atomic mass is 10.0. The number of amides is 1. The highest BCUT2D eigenvalue weighted by Gasteiger charge is 2.19. The lowest BCUT2D eigenvalue weighted by molar-refractivity contribution is 0.102. The average molecular weight is 380 g/mol. The number of carbonyl (C=O) groups is 1. The predicted molar refractivity (Wildman–Crippen MR) is 106 cm³/mol. The van der Waals surface area contributed by atoms with E-state index in [1.54, 1.807) is 38.1 Å². The Bertz CT molecular complexity index is 1050. The van der Waals surface area contributed by atoms with Gasteiger partial charge in [0.1, 0.15) is 11.6 Å². The molecule has 1 aromatic heterocycles. The molecule has 0 saturated carbocycles. The van der Waals surface area contributed by atoms with Gasteiger partial charge in [0.25, 0.3) is 5.91 Å². The number of aryl methyl sites for hydroxylation is 2. The van der Waals surface area contributed by atoms with Crippen molar-refractivity contribution in [2.45, 2.75) is 26.9 Å². The largest absolute Gasteiger partial charge is 0.507 e.